The molecular formula is C11H13BrClNO2S. The van der Waals surface area contributed by atoms with Gasteiger partial charge in [0.05, 0.1) is 17.7 Å². The third kappa shape index (κ3) is 2.84. The van der Waals surface area contributed by atoms with Crippen LogP contribution >= 0.6 is 38.9 Å². The summed E-state index contributed by atoms with van der Waals surface area (Å²) in [6.07, 6.45) is 0.0764. The van der Waals surface area contributed by atoms with Crippen molar-refractivity contribution < 1.29 is 9.53 Å². The molecule has 1 unspecified atom stereocenters. The summed E-state index contributed by atoms with van der Waals surface area (Å²) in [5, 5.41) is 3.24. The lowest BCUT2D eigenvalue weighted by Crippen LogP contribution is -2.46. The first-order valence-electron chi connectivity index (χ1n) is 5.34. The Hall–Kier alpha value is -0.100. The van der Waals surface area contributed by atoms with Gasteiger partial charge in [-0.25, -0.2) is 0 Å². The van der Waals surface area contributed by atoms with Crippen LogP contribution in [0.5, 0.6) is 0 Å². The highest BCUT2D eigenvalue weighted by Crippen LogP contribution is 2.28. The van der Waals surface area contributed by atoms with Gasteiger partial charge in [-0.2, -0.15) is 0 Å². The minimum absolute atomic E-state index is 0.0161. The summed E-state index contributed by atoms with van der Waals surface area (Å²) in [6.45, 7) is 3.76. The third-order valence-corrected chi connectivity index (χ3v) is 5.10. The molecule has 3 nitrogen and oxygen atoms in total. The molecule has 0 N–H and O–H groups in total. The Morgan fingerprint density at radius 1 is 1.76 bits per heavy atom. The smallest absolute Gasteiger partial charge is 0.265 e. The number of ether oxygens (including phenoxy) is 1. The molecule has 0 spiro atoms. The van der Waals surface area contributed by atoms with Crippen molar-refractivity contribution in [2.45, 2.75) is 13.0 Å². The number of amides is 1. The predicted molar refractivity (Wildman–Crippen MR) is 73.5 cm³/mol. The van der Waals surface area contributed by atoms with E-state index in [0.717, 1.165) is 10.9 Å². The summed E-state index contributed by atoms with van der Waals surface area (Å²) in [4.78, 5) is 14.7. The van der Waals surface area contributed by atoms with E-state index in [0.29, 0.717) is 29.6 Å². The van der Waals surface area contributed by atoms with Crippen LogP contribution in [-0.4, -0.2) is 41.9 Å². The Morgan fingerprint density at radius 2 is 2.53 bits per heavy atom. The summed E-state index contributed by atoms with van der Waals surface area (Å²) in [6, 6.07) is 0. The second-order valence-electron chi connectivity index (χ2n) is 3.96. The standard InChI is InChI=1S/C11H13BrClNO2S/c1-7-6-17-10(9(7)13)11(15)14-2-3-16-8(4-12)5-14/h6,8H,2-5H2,1H3. The highest BCUT2D eigenvalue weighted by atomic mass is 79.9. The van der Waals surface area contributed by atoms with Gasteiger partial charge in [0.15, 0.2) is 0 Å². The summed E-state index contributed by atoms with van der Waals surface area (Å²) < 4.78 is 5.51. The molecule has 0 radical (unpaired) electrons. The van der Waals surface area contributed by atoms with Crippen LogP contribution < -0.4 is 0 Å². The van der Waals surface area contributed by atoms with E-state index in [4.69, 9.17) is 16.3 Å². The van der Waals surface area contributed by atoms with Gasteiger partial charge >= 0.3 is 0 Å². The van der Waals surface area contributed by atoms with Crippen molar-refractivity contribution in [3.63, 3.8) is 0 Å². The second-order valence-corrected chi connectivity index (χ2v) is 5.87. The molecule has 1 aliphatic rings. The Balaban J connectivity index is 2.12. The van der Waals surface area contributed by atoms with E-state index in [1.165, 1.54) is 11.3 Å². The monoisotopic (exact) mass is 337 g/mol. The highest BCUT2D eigenvalue weighted by molar-refractivity contribution is 9.09. The van der Waals surface area contributed by atoms with Crippen molar-refractivity contribution in [1.82, 2.24) is 4.90 Å². The summed E-state index contributed by atoms with van der Waals surface area (Å²) in [5.74, 6) is 0.0161. The zero-order valence-corrected chi connectivity index (χ0v) is 12.6. The van der Waals surface area contributed by atoms with E-state index in [2.05, 4.69) is 15.9 Å². The molecule has 17 heavy (non-hydrogen) atoms. The number of thiophene rings is 1. The number of halogens is 2. The van der Waals surface area contributed by atoms with Gasteiger partial charge in [0, 0.05) is 18.4 Å². The first-order chi connectivity index (χ1) is 8.13. The minimum atomic E-state index is 0.0161. The molecule has 0 saturated carbocycles. The van der Waals surface area contributed by atoms with Gasteiger partial charge in [-0.1, -0.05) is 27.5 Å². The lowest BCUT2D eigenvalue weighted by Gasteiger charge is -2.31. The lowest BCUT2D eigenvalue weighted by molar-refractivity contribution is -0.00945. The van der Waals surface area contributed by atoms with Gasteiger partial charge < -0.3 is 9.64 Å². The molecular weight excluding hydrogens is 326 g/mol. The Kier molecular flexibility index (Phi) is 4.47. The van der Waals surface area contributed by atoms with Crippen molar-refractivity contribution in [1.29, 1.82) is 0 Å². The van der Waals surface area contributed by atoms with Gasteiger partial charge in [0.2, 0.25) is 0 Å². The zero-order chi connectivity index (χ0) is 12.4. The van der Waals surface area contributed by atoms with E-state index in [1.54, 1.807) is 0 Å². The highest BCUT2D eigenvalue weighted by Gasteiger charge is 2.26. The maximum Gasteiger partial charge on any atom is 0.265 e. The fraction of sp³-hybridized carbons (Fsp3) is 0.545. The van der Waals surface area contributed by atoms with E-state index < -0.39 is 0 Å². The average Bonchev–Trinajstić information content (AvgIpc) is 2.69. The number of morpholine rings is 1. The van der Waals surface area contributed by atoms with E-state index in [9.17, 15) is 4.79 Å². The number of hydrogen-bond donors (Lipinski definition) is 0. The zero-order valence-electron chi connectivity index (χ0n) is 9.41. The number of carbonyl (C=O) groups excluding carboxylic acids is 1. The quantitative estimate of drug-likeness (QED) is 0.776. The van der Waals surface area contributed by atoms with Crippen molar-refractivity contribution >= 4 is 44.8 Å². The fourth-order valence-electron chi connectivity index (χ4n) is 1.71. The van der Waals surface area contributed by atoms with Crippen LogP contribution in [0, 0.1) is 6.92 Å². The summed E-state index contributed by atoms with van der Waals surface area (Å²) >= 11 is 10.9. The largest absolute Gasteiger partial charge is 0.374 e. The number of hydrogen-bond acceptors (Lipinski definition) is 3. The van der Waals surface area contributed by atoms with Gasteiger partial charge in [-0.3, -0.25) is 4.79 Å². The van der Waals surface area contributed by atoms with E-state index in [1.807, 2.05) is 17.2 Å². The van der Waals surface area contributed by atoms with Gasteiger partial charge in [-0.15, -0.1) is 11.3 Å². The van der Waals surface area contributed by atoms with Crippen LogP contribution in [0.2, 0.25) is 5.02 Å². The van der Waals surface area contributed by atoms with E-state index >= 15 is 0 Å². The average molecular weight is 339 g/mol. The van der Waals surface area contributed by atoms with Crippen LogP contribution in [0.1, 0.15) is 15.2 Å². The molecule has 1 aromatic rings. The normalized spacial score (nSPS) is 20.6. The first-order valence-corrected chi connectivity index (χ1v) is 7.71. The summed E-state index contributed by atoms with van der Waals surface area (Å²) in [5.41, 5.74) is 0.963. The molecule has 0 aromatic carbocycles. The number of carbonyl (C=O) groups is 1. The van der Waals surface area contributed by atoms with Crippen LogP contribution in [0.3, 0.4) is 0 Å². The predicted octanol–water partition coefficient (Wildman–Crippen LogP) is 2.95. The molecule has 1 aromatic heterocycles. The molecule has 1 atom stereocenters. The molecule has 1 amide bonds. The third-order valence-electron chi connectivity index (χ3n) is 2.69. The molecule has 0 aliphatic carbocycles. The van der Waals surface area contributed by atoms with Crippen molar-refractivity contribution in [2.24, 2.45) is 0 Å². The van der Waals surface area contributed by atoms with Gasteiger partial charge in [0.1, 0.15) is 4.88 Å². The second kappa shape index (κ2) is 5.69. The maximum absolute atomic E-state index is 12.3. The minimum Gasteiger partial charge on any atom is -0.374 e. The molecule has 2 rings (SSSR count). The fourth-order valence-corrected chi connectivity index (χ4v) is 3.35. The van der Waals surface area contributed by atoms with Gasteiger partial charge in [0.25, 0.3) is 5.91 Å². The van der Waals surface area contributed by atoms with Crippen molar-refractivity contribution in [2.75, 3.05) is 25.0 Å². The number of nitrogens with zero attached hydrogens (tertiary/aromatic N) is 1. The molecule has 0 bridgehead atoms. The molecule has 1 fully saturated rings. The molecule has 1 saturated heterocycles. The van der Waals surface area contributed by atoms with Crippen LogP contribution in [0.4, 0.5) is 0 Å². The maximum atomic E-state index is 12.3. The SMILES string of the molecule is Cc1csc(C(=O)N2CCOC(CBr)C2)c1Cl. The van der Waals surface area contributed by atoms with E-state index in [-0.39, 0.29) is 12.0 Å². The van der Waals surface area contributed by atoms with Crippen LogP contribution in [-0.2, 0) is 4.74 Å². The number of alkyl halides is 1. The van der Waals surface area contributed by atoms with Crippen molar-refractivity contribution in [3.8, 4) is 0 Å². The number of aryl methyl sites for hydroxylation is 1. The number of rotatable bonds is 2. The lowest BCUT2D eigenvalue weighted by atomic mass is 10.2. The molecule has 2 heterocycles. The van der Waals surface area contributed by atoms with Crippen LogP contribution in [0.25, 0.3) is 0 Å². The Bertz CT molecular complexity index is 424. The van der Waals surface area contributed by atoms with Crippen molar-refractivity contribution in [3.05, 3.63) is 20.8 Å². The molecule has 94 valence electrons. The topological polar surface area (TPSA) is 29.5 Å². The first kappa shape index (κ1) is 13.3. The molecule has 6 heteroatoms. The Morgan fingerprint density at radius 3 is 3.12 bits per heavy atom. The Labute approximate surface area is 118 Å². The van der Waals surface area contributed by atoms with Gasteiger partial charge in [-0.05, 0) is 17.9 Å². The van der Waals surface area contributed by atoms with Crippen LogP contribution in [0.15, 0.2) is 5.38 Å². The molecule has 1 aliphatic heterocycles. The summed E-state index contributed by atoms with van der Waals surface area (Å²) in [7, 11) is 0.